The Morgan fingerprint density at radius 3 is 1.93 bits per heavy atom. The lowest BCUT2D eigenvalue weighted by molar-refractivity contribution is 0.281. The van der Waals surface area contributed by atoms with E-state index in [1.54, 1.807) is 0 Å². The highest BCUT2D eigenvalue weighted by Crippen LogP contribution is 2.37. The first-order valence-electron chi connectivity index (χ1n) is 9.34. The molecule has 0 unspecified atom stereocenters. The first-order valence-corrected chi connectivity index (χ1v) is 11.2. The van der Waals surface area contributed by atoms with Crippen molar-refractivity contribution in [2.45, 2.75) is 39.0 Å². The summed E-state index contributed by atoms with van der Waals surface area (Å²) in [6.07, 6.45) is 1.81. The van der Waals surface area contributed by atoms with Gasteiger partial charge in [-0.1, -0.05) is 81.4 Å². The Labute approximate surface area is 163 Å². The third-order valence-corrected chi connectivity index (χ3v) is 10.2. The maximum Gasteiger partial charge on any atom is 0.261 e. The standard InChI is InChI=1S/C22H29N3OSi/c1-22(2,3)27(18-11-7-5-8-12-18,19-13-9-6-10-14-19)26-16-20-21(15-23)25(4)17-24-20/h5-14,17H,15-16,23H2,1-4H3. The van der Waals surface area contributed by atoms with Gasteiger partial charge in [-0.3, -0.25) is 0 Å². The van der Waals surface area contributed by atoms with E-state index in [0.717, 1.165) is 11.4 Å². The summed E-state index contributed by atoms with van der Waals surface area (Å²) in [6, 6.07) is 21.3. The summed E-state index contributed by atoms with van der Waals surface area (Å²) in [7, 11) is -0.575. The Morgan fingerprint density at radius 1 is 0.963 bits per heavy atom. The minimum Gasteiger partial charge on any atom is -0.401 e. The number of nitrogens with zero attached hydrogens (tertiary/aromatic N) is 2. The van der Waals surface area contributed by atoms with Gasteiger partial charge in [0.25, 0.3) is 8.32 Å². The zero-order valence-corrected chi connectivity index (χ0v) is 17.6. The van der Waals surface area contributed by atoms with E-state index in [1.807, 2.05) is 17.9 Å². The van der Waals surface area contributed by atoms with Crippen molar-refractivity contribution < 1.29 is 4.43 Å². The third kappa shape index (κ3) is 3.63. The molecule has 0 saturated heterocycles. The molecule has 0 bridgehead atoms. The maximum absolute atomic E-state index is 6.92. The van der Waals surface area contributed by atoms with Crippen LogP contribution in [0.3, 0.4) is 0 Å². The maximum atomic E-state index is 6.92. The summed E-state index contributed by atoms with van der Waals surface area (Å²) < 4.78 is 8.89. The zero-order valence-electron chi connectivity index (χ0n) is 16.6. The van der Waals surface area contributed by atoms with E-state index in [4.69, 9.17) is 10.2 Å². The van der Waals surface area contributed by atoms with Gasteiger partial charge in [0.15, 0.2) is 0 Å². The van der Waals surface area contributed by atoms with Crippen LogP contribution >= 0.6 is 0 Å². The van der Waals surface area contributed by atoms with Crippen LogP contribution in [0, 0.1) is 0 Å². The quantitative estimate of drug-likeness (QED) is 0.670. The molecule has 0 aliphatic heterocycles. The van der Waals surface area contributed by atoms with Crippen LogP contribution in [0.2, 0.25) is 5.04 Å². The fraction of sp³-hybridized carbons (Fsp3) is 0.318. The second-order valence-electron chi connectivity index (χ2n) is 7.90. The number of nitrogens with two attached hydrogens (primary N) is 1. The Hall–Kier alpha value is -2.21. The Morgan fingerprint density at radius 2 is 1.48 bits per heavy atom. The van der Waals surface area contributed by atoms with Gasteiger partial charge in [0.1, 0.15) is 0 Å². The summed E-state index contributed by atoms with van der Waals surface area (Å²) >= 11 is 0. The molecule has 0 radical (unpaired) electrons. The largest absolute Gasteiger partial charge is 0.401 e. The van der Waals surface area contributed by atoms with Crippen molar-refractivity contribution in [1.29, 1.82) is 0 Å². The number of rotatable bonds is 6. The number of aryl methyl sites for hydroxylation is 1. The molecular formula is C22H29N3OSi. The lowest BCUT2D eigenvalue weighted by atomic mass is 10.2. The number of aromatic nitrogens is 2. The number of hydrogen-bond acceptors (Lipinski definition) is 3. The summed E-state index contributed by atoms with van der Waals surface area (Å²) in [5.74, 6) is 0. The molecule has 0 fully saturated rings. The van der Waals surface area contributed by atoms with Crippen molar-refractivity contribution in [1.82, 2.24) is 9.55 Å². The molecule has 4 nitrogen and oxygen atoms in total. The van der Waals surface area contributed by atoms with E-state index in [9.17, 15) is 0 Å². The van der Waals surface area contributed by atoms with E-state index < -0.39 is 8.32 Å². The van der Waals surface area contributed by atoms with Crippen LogP contribution in [0.5, 0.6) is 0 Å². The van der Waals surface area contributed by atoms with Gasteiger partial charge in [0, 0.05) is 13.6 Å². The van der Waals surface area contributed by atoms with Gasteiger partial charge in [-0.2, -0.15) is 0 Å². The first-order chi connectivity index (χ1) is 12.9. The van der Waals surface area contributed by atoms with Crippen molar-refractivity contribution in [3.8, 4) is 0 Å². The number of hydrogen-bond donors (Lipinski definition) is 1. The van der Waals surface area contributed by atoms with E-state index in [1.165, 1.54) is 10.4 Å². The molecular weight excluding hydrogens is 350 g/mol. The van der Waals surface area contributed by atoms with Crippen molar-refractivity contribution >= 4 is 18.7 Å². The summed E-state index contributed by atoms with van der Waals surface area (Å²) in [6.45, 7) is 7.75. The third-order valence-electron chi connectivity index (χ3n) is 5.18. The molecule has 3 aromatic rings. The molecule has 0 aliphatic rings. The van der Waals surface area contributed by atoms with Crippen LogP contribution in [0.25, 0.3) is 0 Å². The minimum absolute atomic E-state index is 0.0482. The summed E-state index contributed by atoms with van der Waals surface area (Å²) in [4.78, 5) is 4.54. The van der Waals surface area contributed by atoms with Crippen LogP contribution in [0.1, 0.15) is 32.2 Å². The Kier molecular flexibility index (Phi) is 5.65. The smallest absolute Gasteiger partial charge is 0.261 e. The molecule has 0 amide bonds. The van der Waals surface area contributed by atoms with Crippen molar-refractivity contribution in [2.24, 2.45) is 12.8 Å². The zero-order chi connectivity index (χ0) is 19.5. The van der Waals surface area contributed by atoms with E-state index in [0.29, 0.717) is 13.2 Å². The van der Waals surface area contributed by atoms with Crippen LogP contribution in [0.4, 0.5) is 0 Å². The van der Waals surface area contributed by atoms with Gasteiger partial charge < -0.3 is 14.7 Å². The van der Waals surface area contributed by atoms with Crippen LogP contribution < -0.4 is 16.1 Å². The highest BCUT2D eigenvalue weighted by molar-refractivity contribution is 6.99. The fourth-order valence-corrected chi connectivity index (χ4v) is 8.33. The second-order valence-corrected chi connectivity index (χ2v) is 12.2. The second kappa shape index (κ2) is 7.80. The van der Waals surface area contributed by atoms with Crippen LogP contribution in [-0.4, -0.2) is 17.9 Å². The van der Waals surface area contributed by atoms with Crippen molar-refractivity contribution in [3.05, 3.63) is 78.4 Å². The van der Waals surface area contributed by atoms with Crippen molar-refractivity contribution in [2.75, 3.05) is 0 Å². The lowest BCUT2D eigenvalue weighted by Crippen LogP contribution is -2.66. The van der Waals surface area contributed by atoms with Gasteiger partial charge in [0.2, 0.25) is 0 Å². The van der Waals surface area contributed by atoms with Crippen LogP contribution in [-0.2, 0) is 24.6 Å². The molecule has 1 aromatic heterocycles. The molecule has 2 aromatic carbocycles. The Balaban J connectivity index is 2.12. The SMILES string of the molecule is Cn1cnc(CO[Si](c2ccccc2)(c2ccccc2)C(C)(C)C)c1CN. The molecule has 0 aliphatic carbocycles. The topological polar surface area (TPSA) is 53.1 Å². The monoisotopic (exact) mass is 379 g/mol. The van der Waals surface area contributed by atoms with Crippen molar-refractivity contribution in [3.63, 3.8) is 0 Å². The average Bonchev–Trinajstić information content (AvgIpc) is 3.02. The van der Waals surface area contributed by atoms with Crippen LogP contribution in [0.15, 0.2) is 67.0 Å². The normalized spacial score (nSPS) is 12.3. The molecule has 3 rings (SSSR count). The molecule has 0 saturated carbocycles. The predicted octanol–water partition coefficient (Wildman–Crippen LogP) is 2.96. The van der Waals surface area contributed by atoms with E-state index in [-0.39, 0.29) is 5.04 Å². The first kappa shape index (κ1) is 19.5. The Bertz CT molecular complexity index is 830. The lowest BCUT2D eigenvalue weighted by Gasteiger charge is -2.43. The van der Waals surface area contributed by atoms with E-state index in [2.05, 4.69) is 86.4 Å². The minimum atomic E-state index is -2.55. The van der Waals surface area contributed by atoms with Gasteiger partial charge in [-0.15, -0.1) is 0 Å². The molecule has 1 heterocycles. The number of imidazole rings is 1. The molecule has 142 valence electrons. The molecule has 0 atom stereocenters. The molecule has 2 N–H and O–H groups in total. The van der Waals surface area contributed by atoms with Gasteiger partial charge in [0.05, 0.1) is 24.3 Å². The van der Waals surface area contributed by atoms with Gasteiger partial charge in [-0.25, -0.2) is 4.98 Å². The van der Waals surface area contributed by atoms with Gasteiger partial charge >= 0.3 is 0 Å². The highest BCUT2D eigenvalue weighted by Gasteiger charge is 2.50. The summed E-state index contributed by atoms with van der Waals surface area (Å²) in [5, 5.41) is 2.50. The van der Waals surface area contributed by atoms with E-state index >= 15 is 0 Å². The molecule has 5 heteroatoms. The van der Waals surface area contributed by atoms with Gasteiger partial charge in [-0.05, 0) is 15.4 Å². The molecule has 0 spiro atoms. The predicted molar refractivity (Wildman–Crippen MR) is 114 cm³/mol. The average molecular weight is 380 g/mol. The fourth-order valence-electron chi connectivity index (χ4n) is 3.82. The summed E-state index contributed by atoms with van der Waals surface area (Å²) in [5.41, 5.74) is 7.88. The highest BCUT2D eigenvalue weighted by atomic mass is 28.4. The molecule has 27 heavy (non-hydrogen) atoms. The number of benzene rings is 2.